The monoisotopic (exact) mass is 1110 g/mol. The number of hydrogen-bond acceptors (Lipinski definition) is 15. The molecule has 402 valence electrons. The van der Waals surface area contributed by atoms with Gasteiger partial charge in [-0.2, -0.15) is 0 Å². The van der Waals surface area contributed by atoms with Crippen LogP contribution in [-0.4, -0.2) is 81.7 Å². The first-order valence-electron chi connectivity index (χ1n) is 24.5. The minimum Gasteiger partial charge on any atom is -0.462 e. The van der Waals surface area contributed by atoms with Gasteiger partial charge in [-0.1, -0.05) is 72.8 Å². The van der Waals surface area contributed by atoms with Crippen LogP contribution in [0.1, 0.15) is 37.5 Å². The van der Waals surface area contributed by atoms with Crippen molar-refractivity contribution in [2.24, 2.45) is 0 Å². The normalized spacial score (nSPS) is 12.3. The quantitative estimate of drug-likeness (QED) is 0.0375. The predicted octanol–water partition coefficient (Wildman–Crippen LogP) is 11.9. The zero-order chi connectivity index (χ0) is 56.2. The number of sulfone groups is 3. The lowest BCUT2D eigenvalue weighted by atomic mass is 10.1. The molecule has 7 aromatic carbocycles. The van der Waals surface area contributed by atoms with Crippen LogP contribution in [0.2, 0.25) is 0 Å². The molecule has 15 nitrogen and oxygen atoms in total. The minimum absolute atomic E-state index is 0.00359. The Labute approximate surface area is 455 Å². The number of carbonyl (C=O) groups is 3. The van der Waals surface area contributed by atoms with Crippen molar-refractivity contribution in [3.05, 3.63) is 213 Å². The van der Waals surface area contributed by atoms with Gasteiger partial charge in [0.15, 0.2) is 44.2 Å². The fourth-order valence-corrected chi connectivity index (χ4v) is 10.3. The zero-order valence-corrected chi connectivity index (χ0v) is 46.1. The number of hydrogen-bond donors (Lipinski definition) is 0. The Morgan fingerprint density at radius 3 is 0.679 bits per heavy atom. The van der Waals surface area contributed by atoms with Crippen LogP contribution in [-0.2, 0) is 58.1 Å². The molecule has 7 rings (SSSR count). The van der Waals surface area contributed by atoms with E-state index in [9.17, 15) is 39.6 Å². The van der Waals surface area contributed by atoms with E-state index in [0.717, 1.165) is 64.3 Å². The number of rotatable bonds is 21. The number of benzene rings is 7. The molecule has 0 radical (unpaired) electrons. The average molecular weight is 1110 g/mol. The van der Waals surface area contributed by atoms with Gasteiger partial charge in [-0.05, 0) is 165 Å². The maximum Gasteiger partial charge on any atom is 0.349 e. The van der Waals surface area contributed by atoms with E-state index in [4.69, 9.17) is 14.2 Å². The zero-order valence-electron chi connectivity index (χ0n) is 43.6. The summed E-state index contributed by atoms with van der Waals surface area (Å²) in [5, 5.41) is 0. The van der Waals surface area contributed by atoms with Crippen LogP contribution in [0.25, 0.3) is 18.2 Å². The summed E-state index contributed by atoms with van der Waals surface area (Å²) < 4.78 is 90.8. The Bertz CT molecular complexity index is 3510. The van der Waals surface area contributed by atoms with Gasteiger partial charge >= 0.3 is 17.9 Å². The summed E-state index contributed by atoms with van der Waals surface area (Å²) in [7, 11) is -11.8. The van der Waals surface area contributed by atoms with Gasteiger partial charge < -0.3 is 28.9 Å². The molecule has 0 heterocycles. The first-order chi connectivity index (χ1) is 37.2. The van der Waals surface area contributed by atoms with Crippen LogP contribution in [0.15, 0.2) is 197 Å². The molecule has 0 aromatic heterocycles. The number of ether oxygens (including phenoxy) is 3. The van der Waals surface area contributed by atoms with E-state index in [0.29, 0.717) is 22.4 Å². The van der Waals surface area contributed by atoms with Crippen LogP contribution >= 0.6 is 0 Å². The van der Waals surface area contributed by atoms with Crippen LogP contribution in [0.3, 0.4) is 0 Å². The van der Waals surface area contributed by atoms with Gasteiger partial charge in [0.2, 0.25) is 0 Å². The van der Waals surface area contributed by atoms with Gasteiger partial charge in [-0.3, -0.25) is 0 Å². The smallest absolute Gasteiger partial charge is 0.349 e. The molecule has 0 saturated carbocycles. The van der Waals surface area contributed by atoms with Crippen molar-refractivity contribution in [2.45, 2.75) is 20.8 Å². The van der Waals surface area contributed by atoms with E-state index in [2.05, 4.69) is 0 Å². The third-order valence-electron chi connectivity index (χ3n) is 11.7. The van der Waals surface area contributed by atoms with Crippen LogP contribution in [0.5, 0.6) is 0 Å². The molecule has 0 aliphatic rings. The Morgan fingerprint density at radius 2 is 0.500 bits per heavy atom. The molecule has 0 fully saturated rings. The number of nitrogens with zero attached hydrogens (tertiary/aromatic N) is 3. The van der Waals surface area contributed by atoms with Crippen molar-refractivity contribution in [2.75, 3.05) is 53.3 Å². The number of esters is 3. The van der Waals surface area contributed by atoms with E-state index >= 15 is 0 Å². The second kappa shape index (κ2) is 25.1. The largest absolute Gasteiger partial charge is 0.462 e. The highest BCUT2D eigenvalue weighted by molar-refractivity contribution is 7.96. The average Bonchev–Trinajstić information content (AvgIpc) is 3.41. The Morgan fingerprint density at radius 1 is 0.321 bits per heavy atom. The maximum atomic E-state index is 12.7. The fourth-order valence-electron chi connectivity index (χ4n) is 8.17. The van der Waals surface area contributed by atoms with Crippen molar-refractivity contribution in [3.63, 3.8) is 0 Å². The number of carbonyl (C=O) groups excluding carboxylic acids is 3. The maximum absolute atomic E-state index is 12.7. The molecule has 0 unspecified atom stereocenters. The van der Waals surface area contributed by atoms with Gasteiger partial charge in [-0.25, -0.2) is 39.6 Å². The van der Waals surface area contributed by atoms with Crippen LogP contribution in [0, 0.1) is 0 Å². The van der Waals surface area contributed by atoms with Crippen LogP contribution in [0.4, 0.5) is 51.2 Å². The third kappa shape index (κ3) is 14.3. The highest BCUT2D eigenvalue weighted by atomic mass is 32.2. The van der Waals surface area contributed by atoms with Crippen molar-refractivity contribution < 1.29 is 53.8 Å². The summed E-state index contributed by atoms with van der Waals surface area (Å²) in [6, 6.07) is 56.1. The summed E-state index contributed by atoms with van der Waals surface area (Å²) in [6.07, 6.45) is 6.73. The van der Waals surface area contributed by atoms with Crippen molar-refractivity contribution in [1.82, 2.24) is 0 Å². The lowest BCUT2D eigenvalue weighted by Gasteiger charge is -2.29. The molecule has 0 saturated heterocycles. The molecule has 0 atom stereocenters. The van der Waals surface area contributed by atoms with Crippen molar-refractivity contribution >= 4 is 117 Å². The fraction of sp³-hybridized carbons (Fsp3) is 0.150. The molecule has 0 aliphatic heterocycles. The van der Waals surface area contributed by atoms with Crippen molar-refractivity contribution in [3.8, 4) is 0 Å². The van der Waals surface area contributed by atoms with Gasteiger partial charge in [0.05, 0.1) is 19.8 Å². The first kappa shape index (κ1) is 57.1. The summed E-state index contributed by atoms with van der Waals surface area (Å²) in [4.78, 5) is 42.6. The molecular formula is C60H57N3O12S3. The SMILES string of the molecule is CCOC(=O)/C(=C\c1ccc(N(c2ccccc2)c2ccc(N(c3ccc(/C=C(\C(=O)OCC)S(C)(=O)=O)cc3)c3ccc(N(c4ccccc4)c4ccc(/C=C(\C(=O)OCC)S(C)(=O)=O)cc4)cc3)cc2)cc1)S(C)(=O)=O. The van der Waals surface area contributed by atoms with E-state index < -0.39 is 62.1 Å². The van der Waals surface area contributed by atoms with Gasteiger partial charge in [0, 0.05) is 70.0 Å². The lowest BCUT2D eigenvalue weighted by Crippen LogP contribution is -2.15. The van der Waals surface area contributed by atoms with Gasteiger partial charge in [0.25, 0.3) is 0 Å². The Kier molecular flexibility index (Phi) is 18.3. The lowest BCUT2D eigenvalue weighted by molar-refractivity contribution is -0.138. The summed E-state index contributed by atoms with van der Waals surface area (Å²) >= 11 is 0. The predicted molar refractivity (Wildman–Crippen MR) is 309 cm³/mol. The molecule has 18 heteroatoms. The number of anilines is 9. The van der Waals surface area contributed by atoms with Gasteiger partial charge in [-0.15, -0.1) is 0 Å². The highest BCUT2D eigenvalue weighted by Crippen LogP contribution is 2.42. The highest BCUT2D eigenvalue weighted by Gasteiger charge is 2.25. The molecular weight excluding hydrogens is 1050 g/mol. The molecule has 78 heavy (non-hydrogen) atoms. The molecule has 0 amide bonds. The Balaban J connectivity index is 1.31. The second-order valence-corrected chi connectivity index (χ2v) is 23.4. The molecule has 7 aromatic rings. The van der Waals surface area contributed by atoms with Crippen molar-refractivity contribution in [1.29, 1.82) is 0 Å². The summed E-state index contributed by atoms with van der Waals surface area (Å²) in [6.45, 7) is 4.82. The van der Waals surface area contributed by atoms with E-state index in [1.807, 2.05) is 160 Å². The minimum atomic E-state index is -3.95. The standard InChI is InChI=1S/C60H57N3O12S3/c1-7-73-58(64)55(76(4,67)68)40-43-20-26-48(27-21-43)61(46-16-12-10-13-17-46)51-32-36-53(37-33-51)63(50-30-24-45(25-31-50)42-57(78(6,71)72)60(66)75-9-3)54-38-34-52(35-39-54)62(47-18-14-11-15-19-47)49-28-22-44(23-29-49)41-56(77(5,69)70)59(65)74-8-2/h10-42H,7-9H2,1-6H3/b55-40+,56-41+,57-42+. The molecule has 0 bridgehead atoms. The first-order valence-corrected chi connectivity index (χ1v) is 30.1. The summed E-state index contributed by atoms with van der Waals surface area (Å²) in [5.74, 6) is -2.82. The van der Waals surface area contributed by atoms with Gasteiger partial charge in [0.1, 0.15) is 0 Å². The van der Waals surface area contributed by atoms with E-state index in [-0.39, 0.29) is 19.8 Å². The van der Waals surface area contributed by atoms with E-state index in [1.165, 1.54) is 18.2 Å². The molecule has 0 aliphatic carbocycles. The Hall–Kier alpha value is -8.58. The number of para-hydroxylation sites is 2. The van der Waals surface area contributed by atoms with Crippen LogP contribution < -0.4 is 14.7 Å². The third-order valence-corrected chi connectivity index (χ3v) is 15.0. The molecule has 0 spiro atoms. The molecule has 0 N–H and O–H groups in total. The second-order valence-electron chi connectivity index (χ2n) is 17.5. The summed E-state index contributed by atoms with van der Waals surface area (Å²) in [5.41, 5.74) is 8.22. The topological polar surface area (TPSA) is 191 Å². The van der Waals surface area contributed by atoms with E-state index in [1.54, 1.807) is 57.2 Å².